The number of amides is 2. The third-order valence-electron chi connectivity index (χ3n) is 5.04. The highest BCUT2D eigenvalue weighted by molar-refractivity contribution is 5.97. The summed E-state index contributed by atoms with van der Waals surface area (Å²) in [7, 11) is 0. The fourth-order valence-corrected chi connectivity index (χ4v) is 3.73. The summed E-state index contributed by atoms with van der Waals surface area (Å²) < 4.78 is 11.1. The van der Waals surface area contributed by atoms with Crippen molar-refractivity contribution in [1.82, 2.24) is 9.80 Å². The first-order chi connectivity index (χ1) is 12.7. The first kappa shape index (κ1) is 16.7. The number of para-hydroxylation sites is 1. The molecule has 1 aromatic carbocycles. The van der Waals surface area contributed by atoms with Gasteiger partial charge in [0.2, 0.25) is 5.91 Å². The van der Waals surface area contributed by atoms with Crippen molar-refractivity contribution in [2.45, 2.75) is 31.4 Å². The maximum Gasteiger partial charge on any atom is 0.257 e. The monoisotopic (exact) mass is 354 g/mol. The fraction of sp³-hybridized carbons (Fsp3) is 0.400. The lowest BCUT2D eigenvalue weighted by atomic mass is 10.1. The molecule has 2 saturated heterocycles. The number of carbonyl (C=O) groups is 2. The first-order valence-corrected chi connectivity index (χ1v) is 9.06. The van der Waals surface area contributed by atoms with Crippen LogP contribution in [0.15, 0.2) is 53.3 Å². The molecule has 0 N–H and O–H groups in total. The lowest BCUT2D eigenvalue weighted by molar-refractivity contribution is -0.134. The first-order valence-electron chi connectivity index (χ1n) is 9.06. The molecule has 0 radical (unpaired) electrons. The topological polar surface area (TPSA) is 63.0 Å². The molecule has 2 atom stereocenters. The van der Waals surface area contributed by atoms with Gasteiger partial charge >= 0.3 is 0 Å². The normalized spacial score (nSPS) is 22.6. The summed E-state index contributed by atoms with van der Waals surface area (Å²) in [5, 5.41) is 0. The van der Waals surface area contributed by atoms with Crippen molar-refractivity contribution >= 4 is 11.8 Å². The van der Waals surface area contributed by atoms with Crippen LogP contribution in [0.25, 0.3) is 0 Å². The van der Waals surface area contributed by atoms with Gasteiger partial charge in [0.05, 0.1) is 18.4 Å². The average molecular weight is 354 g/mol. The van der Waals surface area contributed by atoms with E-state index in [2.05, 4.69) is 0 Å². The maximum absolute atomic E-state index is 13.0. The van der Waals surface area contributed by atoms with E-state index in [0.29, 0.717) is 18.5 Å². The minimum atomic E-state index is -0.482. The van der Waals surface area contributed by atoms with E-state index < -0.39 is 6.04 Å². The van der Waals surface area contributed by atoms with E-state index in [-0.39, 0.29) is 17.9 Å². The molecular weight excluding hydrogens is 332 g/mol. The van der Waals surface area contributed by atoms with E-state index >= 15 is 0 Å². The Balaban J connectivity index is 1.54. The summed E-state index contributed by atoms with van der Waals surface area (Å²) in [6.45, 7) is 1.93. The van der Waals surface area contributed by atoms with Crippen LogP contribution >= 0.6 is 0 Å². The van der Waals surface area contributed by atoms with Gasteiger partial charge in [0.25, 0.3) is 5.91 Å². The average Bonchev–Trinajstić information content (AvgIpc) is 3.42. The summed E-state index contributed by atoms with van der Waals surface area (Å²) in [5.41, 5.74) is 0.463. The van der Waals surface area contributed by atoms with E-state index in [1.165, 1.54) is 12.5 Å². The second-order valence-electron chi connectivity index (χ2n) is 6.81. The Morgan fingerprint density at radius 3 is 2.54 bits per heavy atom. The summed E-state index contributed by atoms with van der Waals surface area (Å²) in [5.74, 6) is 0.594. The molecule has 0 bridgehead atoms. The molecule has 0 saturated carbocycles. The molecule has 6 nitrogen and oxygen atoms in total. The Bertz CT molecular complexity index is 753. The molecule has 2 aliphatic heterocycles. The van der Waals surface area contributed by atoms with Gasteiger partial charge in [-0.3, -0.25) is 9.59 Å². The van der Waals surface area contributed by atoms with E-state index in [1.807, 2.05) is 35.2 Å². The van der Waals surface area contributed by atoms with E-state index in [0.717, 1.165) is 31.7 Å². The molecule has 0 spiro atoms. The zero-order chi connectivity index (χ0) is 17.9. The van der Waals surface area contributed by atoms with Crippen molar-refractivity contribution in [3.63, 3.8) is 0 Å². The van der Waals surface area contributed by atoms with Crippen LogP contribution in [0.2, 0.25) is 0 Å². The maximum atomic E-state index is 13.0. The number of nitrogens with zero attached hydrogens (tertiary/aromatic N) is 2. The molecule has 4 rings (SSSR count). The van der Waals surface area contributed by atoms with Gasteiger partial charge < -0.3 is 19.0 Å². The lowest BCUT2D eigenvalue weighted by Gasteiger charge is -2.27. The summed E-state index contributed by atoms with van der Waals surface area (Å²) in [6.07, 6.45) is 5.25. The van der Waals surface area contributed by atoms with Crippen LogP contribution in [-0.4, -0.2) is 53.4 Å². The van der Waals surface area contributed by atoms with Gasteiger partial charge in [-0.15, -0.1) is 0 Å². The Labute approximate surface area is 152 Å². The van der Waals surface area contributed by atoms with Gasteiger partial charge in [0, 0.05) is 19.5 Å². The van der Waals surface area contributed by atoms with E-state index in [1.54, 1.807) is 11.0 Å². The van der Waals surface area contributed by atoms with Crippen molar-refractivity contribution in [3.05, 3.63) is 54.5 Å². The second kappa shape index (κ2) is 7.23. The summed E-state index contributed by atoms with van der Waals surface area (Å²) in [6, 6.07) is 10.7. The van der Waals surface area contributed by atoms with Gasteiger partial charge in [-0.05, 0) is 31.0 Å². The number of furan rings is 1. The molecular formula is C20H22N2O4. The van der Waals surface area contributed by atoms with Gasteiger partial charge in [0.1, 0.15) is 24.2 Å². The number of ether oxygens (including phenoxy) is 1. The van der Waals surface area contributed by atoms with Crippen molar-refractivity contribution in [2.24, 2.45) is 0 Å². The Morgan fingerprint density at radius 1 is 1.08 bits per heavy atom. The standard InChI is InChI=1S/C20H22N2O4/c23-19(15-8-11-25-14-15)22-13-17(26-16-6-2-1-3-7-16)12-18(22)20(24)21-9-4-5-10-21/h1-3,6-8,11,14,17-18H,4-5,9-10,12-13H2/t17-,18-/m0/s1. The number of rotatable bonds is 4. The largest absolute Gasteiger partial charge is 0.488 e. The highest BCUT2D eigenvalue weighted by atomic mass is 16.5. The van der Waals surface area contributed by atoms with Crippen LogP contribution < -0.4 is 4.74 Å². The van der Waals surface area contributed by atoms with E-state index in [4.69, 9.17) is 9.15 Å². The zero-order valence-corrected chi connectivity index (χ0v) is 14.5. The van der Waals surface area contributed by atoms with Crippen LogP contribution in [-0.2, 0) is 4.79 Å². The van der Waals surface area contributed by atoms with Crippen LogP contribution in [0, 0.1) is 0 Å². The molecule has 2 fully saturated rings. The zero-order valence-electron chi connectivity index (χ0n) is 14.5. The Hall–Kier alpha value is -2.76. The summed E-state index contributed by atoms with van der Waals surface area (Å²) >= 11 is 0. The third-order valence-corrected chi connectivity index (χ3v) is 5.04. The smallest absolute Gasteiger partial charge is 0.257 e. The van der Waals surface area contributed by atoms with Gasteiger partial charge in [-0.2, -0.15) is 0 Å². The molecule has 3 heterocycles. The predicted octanol–water partition coefficient (Wildman–Crippen LogP) is 2.56. The molecule has 2 aromatic rings. The second-order valence-corrected chi connectivity index (χ2v) is 6.81. The highest BCUT2D eigenvalue weighted by Gasteiger charge is 2.43. The minimum absolute atomic E-state index is 0.0264. The minimum Gasteiger partial charge on any atom is -0.488 e. The lowest BCUT2D eigenvalue weighted by Crippen LogP contribution is -2.46. The SMILES string of the molecule is O=C([C@@H]1C[C@H](Oc2ccccc2)CN1C(=O)c1ccoc1)N1CCCC1. The Kier molecular flexibility index (Phi) is 4.65. The van der Waals surface area contributed by atoms with Crippen LogP contribution in [0.5, 0.6) is 5.75 Å². The van der Waals surface area contributed by atoms with Crippen molar-refractivity contribution < 1.29 is 18.7 Å². The van der Waals surface area contributed by atoms with Crippen molar-refractivity contribution in [2.75, 3.05) is 19.6 Å². The molecule has 26 heavy (non-hydrogen) atoms. The molecule has 136 valence electrons. The van der Waals surface area contributed by atoms with Crippen LogP contribution in [0.4, 0.5) is 0 Å². The van der Waals surface area contributed by atoms with Gasteiger partial charge in [-0.1, -0.05) is 18.2 Å². The number of hydrogen-bond acceptors (Lipinski definition) is 4. The molecule has 2 amide bonds. The molecule has 6 heteroatoms. The Morgan fingerprint density at radius 2 is 1.85 bits per heavy atom. The van der Waals surface area contributed by atoms with Crippen molar-refractivity contribution in [3.8, 4) is 5.75 Å². The van der Waals surface area contributed by atoms with E-state index in [9.17, 15) is 9.59 Å². The quantitative estimate of drug-likeness (QED) is 0.847. The number of hydrogen-bond donors (Lipinski definition) is 0. The van der Waals surface area contributed by atoms with Crippen molar-refractivity contribution in [1.29, 1.82) is 0 Å². The molecule has 0 aliphatic carbocycles. The highest BCUT2D eigenvalue weighted by Crippen LogP contribution is 2.27. The molecule has 1 aromatic heterocycles. The third kappa shape index (κ3) is 3.31. The number of carbonyl (C=O) groups excluding carboxylic acids is 2. The predicted molar refractivity (Wildman–Crippen MR) is 94.8 cm³/mol. The van der Waals surface area contributed by atoms with Crippen LogP contribution in [0.3, 0.4) is 0 Å². The van der Waals surface area contributed by atoms with Gasteiger partial charge in [0.15, 0.2) is 0 Å². The summed E-state index contributed by atoms with van der Waals surface area (Å²) in [4.78, 5) is 29.4. The number of benzene rings is 1. The molecule has 0 unspecified atom stereocenters. The fourth-order valence-electron chi connectivity index (χ4n) is 3.73. The van der Waals surface area contributed by atoms with Crippen LogP contribution in [0.1, 0.15) is 29.6 Å². The number of likely N-dealkylation sites (tertiary alicyclic amines) is 2. The van der Waals surface area contributed by atoms with Gasteiger partial charge in [-0.25, -0.2) is 0 Å². The molecule has 2 aliphatic rings.